The molecule has 6 N–H and O–H groups in total. The molecule has 3 heterocycles. The van der Waals surface area contributed by atoms with Crippen LogP contribution in [0.15, 0.2) is 46.6 Å². The number of guanidine groups is 2. The molecule has 1 aliphatic heterocycles. The van der Waals surface area contributed by atoms with Crippen LogP contribution in [0.3, 0.4) is 0 Å². The molecule has 0 bridgehead atoms. The second-order valence-electron chi connectivity index (χ2n) is 5.07. The average Bonchev–Trinajstić information content (AvgIpc) is 3.04. The molecule has 2 aromatic heterocycles. The summed E-state index contributed by atoms with van der Waals surface area (Å²) in [6.45, 7) is 1.66. The molecule has 0 saturated heterocycles. The van der Waals surface area contributed by atoms with Crippen molar-refractivity contribution in [2.45, 2.75) is 6.42 Å². The summed E-state index contributed by atoms with van der Waals surface area (Å²) in [6, 6.07) is 7.67. The first-order valence-corrected chi connectivity index (χ1v) is 7.24. The van der Waals surface area contributed by atoms with Gasteiger partial charge < -0.3 is 22.1 Å². The van der Waals surface area contributed by atoms with Crippen LogP contribution < -0.4 is 22.1 Å². The maximum absolute atomic E-state index is 5.32. The van der Waals surface area contributed by atoms with E-state index < -0.39 is 0 Å². The molecule has 0 amide bonds. The van der Waals surface area contributed by atoms with E-state index >= 15 is 0 Å². The van der Waals surface area contributed by atoms with Crippen LogP contribution in [0.5, 0.6) is 0 Å². The zero-order chi connectivity index (χ0) is 16.1. The fraction of sp³-hybridized carbons (Fsp3) is 0.200. The Morgan fingerprint density at radius 3 is 2.48 bits per heavy atom. The lowest BCUT2D eigenvalue weighted by Gasteiger charge is -2.07. The molecule has 0 saturated carbocycles. The van der Waals surface area contributed by atoms with Crippen molar-refractivity contribution in [3.8, 4) is 0 Å². The summed E-state index contributed by atoms with van der Waals surface area (Å²) < 4.78 is 0. The predicted octanol–water partition coefficient (Wildman–Crippen LogP) is 0.343. The quantitative estimate of drug-likeness (QED) is 0.476. The number of nitrogens with two attached hydrogens (primary N) is 2. The maximum atomic E-state index is 5.32. The first-order valence-electron chi connectivity index (χ1n) is 7.24. The van der Waals surface area contributed by atoms with Gasteiger partial charge in [0, 0.05) is 25.4 Å². The van der Waals surface area contributed by atoms with Crippen molar-refractivity contribution in [3.63, 3.8) is 0 Å². The number of nitrogens with one attached hydrogen (secondary N) is 2. The number of hydrogen-bond acceptors (Lipinski definition) is 6. The molecule has 0 atom stereocenters. The first kappa shape index (κ1) is 14.8. The Bertz CT molecular complexity index is 714. The van der Waals surface area contributed by atoms with Crippen LogP contribution in [-0.2, 0) is 6.42 Å². The summed E-state index contributed by atoms with van der Waals surface area (Å²) in [5.74, 6) is 2.03. The highest BCUT2D eigenvalue weighted by Gasteiger charge is 2.05. The third-order valence-corrected chi connectivity index (χ3v) is 3.21. The van der Waals surface area contributed by atoms with Gasteiger partial charge in [0.05, 0.1) is 6.54 Å². The van der Waals surface area contributed by atoms with Gasteiger partial charge in [-0.25, -0.2) is 9.97 Å². The highest BCUT2D eigenvalue weighted by molar-refractivity contribution is 5.93. The third-order valence-electron chi connectivity index (χ3n) is 3.21. The Hall–Kier alpha value is -3.16. The number of aliphatic imine (C=N–C) groups is 2. The lowest BCUT2D eigenvalue weighted by Crippen LogP contribution is -2.26. The fourth-order valence-corrected chi connectivity index (χ4v) is 2.16. The topological polar surface area (TPSA) is 127 Å². The van der Waals surface area contributed by atoms with Crippen LogP contribution in [0, 0.1) is 0 Å². The van der Waals surface area contributed by atoms with Crippen molar-refractivity contribution in [1.29, 1.82) is 0 Å². The molecule has 118 valence electrons. The largest absolute Gasteiger partial charge is 0.370 e. The lowest BCUT2D eigenvalue weighted by atomic mass is 10.1. The molecule has 3 rings (SSSR count). The number of hydrogen-bond donors (Lipinski definition) is 4. The van der Waals surface area contributed by atoms with Crippen molar-refractivity contribution >= 4 is 23.6 Å². The number of anilines is 1. The van der Waals surface area contributed by atoms with Crippen LogP contribution in [0.1, 0.15) is 11.1 Å². The molecular weight excluding hydrogens is 292 g/mol. The third kappa shape index (κ3) is 4.16. The zero-order valence-corrected chi connectivity index (χ0v) is 12.5. The highest BCUT2D eigenvalue weighted by atomic mass is 15.2. The number of aromatic nitrogens is 2. The Balaban J connectivity index is 1.62. The molecule has 23 heavy (non-hydrogen) atoms. The standard InChI is InChI=1S/C15H18N8/c16-14(17)22-12-3-1-10(8-20-12)7-11-2-4-13(21-9-11)23-15-18-5-6-19-15/h1-4,8-9H,5-7H2,(H4,16,17,20,22)(H2,18,19,21,23). The van der Waals surface area contributed by atoms with Gasteiger partial charge in [-0.15, -0.1) is 0 Å². The van der Waals surface area contributed by atoms with Gasteiger partial charge in [0.15, 0.2) is 17.7 Å². The Morgan fingerprint density at radius 2 is 1.91 bits per heavy atom. The SMILES string of the molecule is NC(N)=Nc1ccc(Cc2ccc(NC3=NCCN3)nc2)cn1. The van der Waals surface area contributed by atoms with E-state index in [1.54, 1.807) is 12.3 Å². The van der Waals surface area contributed by atoms with Crippen molar-refractivity contribution in [1.82, 2.24) is 15.3 Å². The smallest absolute Gasteiger partial charge is 0.197 e. The minimum atomic E-state index is -0.00102. The van der Waals surface area contributed by atoms with E-state index in [-0.39, 0.29) is 5.96 Å². The molecule has 0 aliphatic carbocycles. The monoisotopic (exact) mass is 310 g/mol. The molecule has 2 aromatic rings. The van der Waals surface area contributed by atoms with Crippen molar-refractivity contribution in [2.24, 2.45) is 21.5 Å². The minimum absolute atomic E-state index is 0.00102. The lowest BCUT2D eigenvalue weighted by molar-refractivity contribution is 0.958. The van der Waals surface area contributed by atoms with Crippen LogP contribution in [0.25, 0.3) is 0 Å². The van der Waals surface area contributed by atoms with Crippen molar-refractivity contribution in [2.75, 3.05) is 18.4 Å². The molecule has 8 heteroatoms. The Morgan fingerprint density at radius 1 is 1.13 bits per heavy atom. The van der Waals surface area contributed by atoms with Crippen molar-refractivity contribution in [3.05, 3.63) is 47.8 Å². The first-order chi connectivity index (χ1) is 11.2. The van der Waals surface area contributed by atoms with Crippen molar-refractivity contribution < 1.29 is 0 Å². The number of rotatable bonds is 4. The normalized spacial score (nSPS) is 13.1. The van der Waals surface area contributed by atoms with E-state index in [1.807, 2.05) is 24.4 Å². The molecule has 1 aliphatic rings. The van der Waals surface area contributed by atoms with Crippen LogP contribution in [-0.4, -0.2) is 35.0 Å². The summed E-state index contributed by atoms with van der Waals surface area (Å²) in [5, 5.41) is 6.28. The van der Waals surface area contributed by atoms with E-state index in [1.165, 1.54) is 0 Å². The summed E-state index contributed by atoms with van der Waals surface area (Å²) in [6.07, 6.45) is 4.33. The molecule has 0 aromatic carbocycles. The van der Waals surface area contributed by atoms with Crippen LogP contribution in [0.4, 0.5) is 11.6 Å². The summed E-state index contributed by atoms with van der Waals surface area (Å²) >= 11 is 0. The minimum Gasteiger partial charge on any atom is -0.370 e. The maximum Gasteiger partial charge on any atom is 0.197 e. The van der Waals surface area contributed by atoms with E-state index in [0.29, 0.717) is 5.82 Å². The summed E-state index contributed by atoms with van der Waals surface area (Å²) in [7, 11) is 0. The molecule has 0 fully saturated rings. The fourth-order valence-electron chi connectivity index (χ4n) is 2.16. The van der Waals surface area contributed by atoms with Crippen LogP contribution in [0.2, 0.25) is 0 Å². The predicted molar refractivity (Wildman–Crippen MR) is 90.7 cm³/mol. The number of pyridine rings is 2. The van der Waals surface area contributed by atoms with E-state index in [9.17, 15) is 0 Å². The zero-order valence-electron chi connectivity index (χ0n) is 12.5. The van der Waals surface area contributed by atoms with Crippen LogP contribution >= 0.6 is 0 Å². The van der Waals surface area contributed by atoms with Gasteiger partial charge in [0.2, 0.25) is 0 Å². The molecule has 0 radical (unpaired) electrons. The Kier molecular flexibility index (Phi) is 4.32. The van der Waals surface area contributed by atoms with Gasteiger partial charge in [-0.3, -0.25) is 4.99 Å². The number of nitrogens with zero attached hydrogens (tertiary/aromatic N) is 4. The van der Waals surface area contributed by atoms with Gasteiger partial charge in [0.25, 0.3) is 0 Å². The molecular formula is C15H18N8. The van der Waals surface area contributed by atoms with Gasteiger partial charge in [-0.1, -0.05) is 12.1 Å². The van der Waals surface area contributed by atoms with Gasteiger partial charge in [-0.2, -0.15) is 4.99 Å². The van der Waals surface area contributed by atoms with Gasteiger partial charge in [-0.05, 0) is 23.3 Å². The highest BCUT2D eigenvalue weighted by Crippen LogP contribution is 2.13. The molecule has 0 unspecified atom stereocenters. The van der Waals surface area contributed by atoms with E-state index in [0.717, 1.165) is 42.4 Å². The summed E-state index contributed by atoms with van der Waals surface area (Å²) in [4.78, 5) is 16.7. The average molecular weight is 310 g/mol. The molecule has 8 nitrogen and oxygen atoms in total. The summed E-state index contributed by atoms with van der Waals surface area (Å²) in [5.41, 5.74) is 12.8. The Labute approximate surface area is 133 Å². The van der Waals surface area contributed by atoms with Gasteiger partial charge >= 0.3 is 0 Å². The second kappa shape index (κ2) is 6.73. The molecule has 0 spiro atoms. The van der Waals surface area contributed by atoms with E-state index in [4.69, 9.17) is 11.5 Å². The van der Waals surface area contributed by atoms with Gasteiger partial charge in [0.1, 0.15) is 5.82 Å². The van der Waals surface area contributed by atoms with E-state index in [2.05, 4.69) is 30.6 Å². The second-order valence-corrected chi connectivity index (χ2v) is 5.07.